The van der Waals surface area contributed by atoms with Crippen molar-refractivity contribution in [1.29, 1.82) is 0 Å². The second-order valence-electron chi connectivity index (χ2n) is 4.35. The van der Waals surface area contributed by atoms with E-state index in [4.69, 9.17) is 15.2 Å². The van der Waals surface area contributed by atoms with Crippen molar-refractivity contribution in [3.05, 3.63) is 48.5 Å². The second kappa shape index (κ2) is 5.24. The van der Waals surface area contributed by atoms with Crippen LogP contribution in [0, 0.1) is 5.82 Å². The number of aromatic nitrogens is 2. The summed E-state index contributed by atoms with van der Waals surface area (Å²) in [5.41, 5.74) is 6.52. The molecule has 21 heavy (non-hydrogen) atoms. The van der Waals surface area contributed by atoms with E-state index in [1.54, 1.807) is 31.4 Å². The number of hydrogen-bond acceptors (Lipinski definition) is 5. The molecule has 1 heterocycles. The Morgan fingerprint density at radius 2 is 1.95 bits per heavy atom. The minimum atomic E-state index is -0.551. The normalized spacial score (nSPS) is 10.6. The third kappa shape index (κ3) is 2.55. The lowest BCUT2D eigenvalue weighted by Gasteiger charge is -2.09. The van der Waals surface area contributed by atoms with Crippen LogP contribution in [0.25, 0.3) is 10.9 Å². The van der Waals surface area contributed by atoms with Gasteiger partial charge >= 0.3 is 0 Å². The van der Waals surface area contributed by atoms with Crippen LogP contribution in [0.3, 0.4) is 0 Å². The van der Waals surface area contributed by atoms with Gasteiger partial charge in [0.2, 0.25) is 5.88 Å². The lowest BCUT2D eigenvalue weighted by atomic mass is 10.2. The Hall–Kier alpha value is -2.89. The molecule has 2 N–H and O–H groups in total. The van der Waals surface area contributed by atoms with Crippen LogP contribution < -0.4 is 15.2 Å². The summed E-state index contributed by atoms with van der Waals surface area (Å²) >= 11 is 0. The van der Waals surface area contributed by atoms with E-state index in [2.05, 4.69) is 9.97 Å². The van der Waals surface area contributed by atoms with Gasteiger partial charge in [0, 0.05) is 11.8 Å². The van der Waals surface area contributed by atoms with Crippen molar-refractivity contribution in [3.63, 3.8) is 0 Å². The standard InChI is InChI=1S/C15H12FN3O2/c1-20-10-3-4-13-11(7-10)15(19-8-18-13)21-14-5-2-9(17)6-12(14)16/h2-8H,17H2,1H3. The van der Waals surface area contributed by atoms with Gasteiger partial charge in [0.15, 0.2) is 11.6 Å². The van der Waals surface area contributed by atoms with E-state index >= 15 is 0 Å². The predicted octanol–water partition coefficient (Wildman–Crippen LogP) is 3.15. The zero-order chi connectivity index (χ0) is 14.8. The number of benzene rings is 2. The Balaban J connectivity index is 2.07. The summed E-state index contributed by atoms with van der Waals surface area (Å²) in [4.78, 5) is 8.19. The molecule has 3 rings (SSSR count). The zero-order valence-electron chi connectivity index (χ0n) is 11.2. The SMILES string of the molecule is COc1ccc2ncnc(Oc3ccc(N)cc3F)c2c1. The molecule has 0 atom stereocenters. The second-order valence-corrected chi connectivity index (χ2v) is 4.35. The maximum Gasteiger partial charge on any atom is 0.230 e. The van der Waals surface area contributed by atoms with Crippen LogP contribution in [0.4, 0.5) is 10.1 Å². The van der Waals surface area contributed by atoms with Crippen molar-refractivity contribution in [2.75, 3.05) is 12.8 Å². The van der Waals surface area contributed by atoms with E-state index in [1.807, 2.05) is 0 Å². The number of halogens is 1. The van der Waals surface area contributed by atoms with Crippen LogP contribution in [-0.2, 0) is 0 Å². The summed E-state index contributed by atoms with van der Waals surface area (Å²) in [5.74, 6) is 0.388. The molecule has 0 amide bonds. The van der Waals surface area contributed by atoms with Gasteiger partial charge in [-0.25, -0.2) is 14.4 Å². The van der Waals surface area contributed by atoms with Crippen molar-refractivity contribution >= 4 is 16.6 Å². The Kier molecular flexibility index (Phi) is 3.27. The van der Waals surface area contributed by atoms with E-state index < -0.39 is 5.82 Å². The monoisotopic (exact) mass is 285 g/mol. The number of methoxy groups -OCH3 is 1. The van der Waals surface area contributed by atoms with Gasteiger partial charge in [0.25, 0.3) is 0 Å². The number of nitrogens with two attached hydrogens (primary N) is 1. The molecule has 0 fully saturated rings. The zero-order valence-corrected chi connectivity index (χ0v) is 11.2. The molecule has 2 aromatic carbocycles. The van der Waals surface area contributed by atoms with Gasteiger partial charge in [0.1, 0.15) is 12.1 Å². The third-order valence-electron chi connectivity index (χ3n) is 2.97. The van der Waals surface area contributed by atoms with Crippen LogP contribution >= 0.6 is 0 Å². The van der Waals surface area contributed by atoms with Gasteiger partial charge in [-0.2, -0.15) is 0 Å². The van der Waals surface area contributed by atoms with Crippen LogP contribution in [-0.4, -0.2) is 17.1 Å². The Labute approximate surface area is 120 Å². The summed E-state index contributed by atoms with van der Waals surface area (Å²) in [7, 11) is 1.56. The average molecular weight is 285 g/mol. The fourth-order valence-electron chi connectivity index (χ4n) is 1.92. The molecule has 0 unspecified atom stereocenters. The summed E-state index contributed by atoms with van der Waals surface area (Å²) in [6.07, 6.45) is 1.36. The maximum absolute atomic E-state index is 13.8. The Morgan fingerprint density at radius 1 is 1.10 bits per heavy atom. The van der Waals surface area contributed by atoms with Crippen molar-refractivity contribution in [2.24, 2.45) is 0 Å². The molecular weight excluding hydrogens is 273 g/mol. The number of rotatable bonds is 3. The first-order valence-corrected chi connectivity index (χ1v) is 6.19. The largest absolute Gasteiger partial charge is 0.497 e. The molecule has 5 nitrogen and oxygen atoms in total. The van der Waals surface area contributed by atoms with Gasteiger partial charge in [0.05, 0.1) is 18.0 Å². The average Bonchev–Trinajstić information content (AvgIpc) is 2.50. The van der Waals surface area contributed by atoms with Crippen LogP contribution in [0.5, 0.6) is 17.4 Å². The predicted molar refractivity (Wildman–Crippen MR) is 77.0 cm³/mol. The molecule has 0 aliphatic rings. The van der Waals surface area contributed by atoms with Gasteiger partial charge in [-0.15, -0.1) is 0 Å². The fourth-order valence-corrected chi connectivity index (χ4v) is 1.92. The molecule has 0 aliphatic heterocycles. The van der Waals surface area contributed by atoms with E-state index in [-0.39, 0.29) is 11.6 Å². The van der Waals surface area contributed by atoms with Gasteiger partial charge in [-0.05, 0) is 30.3 Å². The van der Waals surface area contributed by atoms with Crippen molar-refractivity contribution in [2.45, 2.75) is 0 Å². The molecule has 6 heteroatoms. The van der Waals surface area contributed by atoms with Gasteiger partial charge in [-0.3, -0.25) is 0 Å². The fraction of sp³-hybridized carbons (Fsp3) is 0.0667. The van der Waals surface area contributed by atoms with Crippen molar-refractivity contribution < 1.29 is 13.9 Å². The molecule has 0 saturated heterocycles. The third-order valence-corrected chi connectivity index (χ3v) is 2.97. The smallest absolute Gasteiger partial charge is 0.230 e. The quantitative estimate of drug-likeness (QED) is 0.748. The maximum atomic E-state index is 13.8. The Morgan fingerprint density at radius 3 is 2.71 bits per heavy atom. The summed E-state index contributed by atoms with van der Waals surface area (Å²) in [6, 6.07) is 9.51. The lowest BCUT2D eigenvalue weighted by molar-refractivity contribution is 0.414. The molecule has 0 aliphatic carbocycles. The minimum Gasteiger partial charge on any atom is -0.497 e. The number of fused-ring (bicyclic) bond motifs is 1. The summed E-state index contributed by atoms with van der Waals surface area (Å²) in [6.45, 7) is 0. The highest BCUT2D eigenvalue weighted by Gasteiger charge is 2.10. The van der Waals surface area contributed by atoms with E-state index in [1.165, 1.54) is 18.5 Å². The lowest BCUT2D eigenvalue weighted by Crippen LogP contribution is -1.95. The van der Waals surface area contributed by atoms with Crippen molar-refractivity contribution in [3.8, 4) is 17.4 Å². The molecule has 106 valence electrons. The minimum absolute atomic E-state index is 0.0482. The molecule has 0 bridgehead atoms. The van der Waals surface area contributed by atoms with Crippen LogP contribution in [0.1, 0.15) is 0 Å². The molecule has 3 aromatic rings. The summed E-state index contributed by atoms with van der Waals surface area (Å²) < 4.78 is 24.5. The molecule has 1 aromatic heterocycles. The number of nitrogens with zero attached hydrogens (tertiary/aromatic N) is 2. The number of anilines is 1. The molecular formula is C15H12FN3O2. The highest BCUT2D eigenvalue weighted by molar-refractivity contribution is 5.84. The Bertz CT molecular complexity index is 808. The summed E-state index contributed by atoms with van der Waals surface area (Å²) in [5, 5.41) is 0.632. The molecule has 0 spiro atoms. The first-order chi connectivity index (χ1) is 10.2. The first-order valence-electron chi connectivity index (χ1n) is 6.19. The first kappa shape index (κ1) is 13.1. The van der Waals surface area contributed by atoms with Crippen molar-refractivity contribution in [1.82, 2.24) is 9.97 Å². The topological polar surface area (TPSA) is 70.3 Å². The number of nitrogen functional groups attached to an aromatic ring is 1. The van der Waals surface area contributed by atoms with Gasteiger partial charge < -0.3 is 15.2 Å². The van der Waals surface area contributed by atoms with E-state index in [9.17, 15) is 4.39 Å². The van der Waals surface area contributed by atoms with Crippen LogP contribution in [0.2, 0.25) is 0 Å². The molecule has 0 radical (unpaired) electrons. The highest BCUT2D eigenvalue weighted by Crippen LogP contribution is 2.31. The van der Waals surface area contributed by atoms with E-state index in [0.717, 1.165) is 0 Å². The molecule has 0 saturated carbocycles. The number of hydrogen-bond donors (Lipinski definition) is 1. The van der Waals surface area contributed by atoms with Crippen LogP contribution in [0.15, 0.2) is 42.7 Å². The number of ether oxygens (including phenoxy) is 2. The highest BCUT2D eigenvalue weighted by atomic mass is 19.1. The van der Waals surface area contributed by atoms with E-state index in [0.29, 0.717) is 22.3 Å². The van der Waals surface area contributed by atoms with Gasteiger partial charge in [-0.1, -0.05) is 0 Å².